The molecule has 0 saturated heterocycles. The summed E-state index contributed by atoms with van der Waals surface area (Å²) < 4.78 is 0. The average molecular weight is 356 g/mol. The lowest BCUT2D eigenvalue weighted by Crippen LogP contribution is -2.34. The number of halogens is 1. The molecule has 5 heteroatoms. The van der Waals surface area contributed by atoms with Crippen molar-refractivity contribution in [1.82, 2.24) is 15.3 Å². The average Bonchev–Trinajstić information content (AvgIpc) is 3.01. The summed E-state index contributed by atoms with van der Waals surface area (Å²) in [7, 11) is 0. The summed E-state index contributed by atoms with van der Waals surface area (Å²) in [5.74, 6) is 0.687. The number of rotatable bonds is 5. The summed E-state index contributed by atoms with van der Waals surface area (Å²) in [5, 5.41) is 3.75. The van der Waals surface area contributed by atoms with Gasteiger partial charge in [0.25, 0.3) is 0 Å². The molecule has 0 aliphatic rings. The third-order valence-corrected chi connectivity index (χ3v) is 4.61. The Bertz CT molecular complexity index is 837. The van der Waals surface area contributed by atoms with Gasteiger partial charge in [-0.25, -0.2) is 4.98 Å². The Morgan fingerprint density at radius 2 is 1.76 bits per heavy atom. The number of H-pyrrole nitrogens is 1. The van der Waals surface area contributed by atoms with Crippen LogP contribution in [0.4, 0.5) is 0 Å². The highest BCUT2D eigenvalue weighted by atomic mass is 35.5. The summed E-state index contributed by atoms with van der Waals surface area (Å²) in [6.07, 6.45) is 0. The Hall–Kier alpha value is -2.33. The number of aromatic amines is 1. The van der Waals surface area contributed by atoms with E-state index in [1.54, 1.807) is 0 Å². The van der Waals surface area contributed by atoms with Crippen LogP contribution in [0.15, 0.2) is 48.5 Å². The first-order chi connectivity index (χ1) is 12.0. The zero-order valence-corrected chi connectivity index (χ0v) is 15.3. The maximum Gasteiger partial charge on any atom is 0.228 e. The van der Waals surface area contributed by atoms with E-state index in [-0.39, 0.29) is 23.8 Å². The van der Waals surface area contributed by atoms with Crippen molar-refractivity contribution in [2.24, 2.45) is 5.92 Å². The van der Waals surface area contributed by atoms with Gasteiger partial charge in [-0.15, -0.1) is 0 Å². The first-order valence-electron chi connectivity index (χ1n) is 8.46. The maximum absolute atomic E-state index is 12.9. The van der Waals surface area contributed by atoms with Crippen LogP contribution in [0.5, 0.6) is 0 Å². The van der Waals surface area contributed by atoms with Crippen molar-refractivity contribution in [2.75, 3.05) is 0 Å². The zero-order chi connectivity index (χ0) is 18.0. The highest BCUT2D eigenvalue weighted by Gasteiger charge is 2.26. The van der Waals surface area contributed by atoms with Gasteiger partial charge < -0.3 is 10.3 Å². The lowest BCUT2D eigenvalue weighted by Gasteiger charge is -2.23. The molecule has 1 aromatic heterocycles. The first-order valence-corrected chi connectivity index (χ1v) is 8.84. The van der Waals surface area contributed by atoms with Crippen LogP contribution < -0.4 is 5.32 Å². The van der Waals surface area contributed by atoms with Gasteiger partial charge >= 0.3 is 0 Å². The highest BCUT2D eigenvalue weighted by Crippen LogP contribution is 2.27. The zero-order valence-electron chi connectivity index (χ0n) is 14.6. The number of amides is 1. The molecule has 25 heavy (non-hydrogen) atoms. The van der Waals surface area contributed by atoms with Gasteiger partial charge in [0.05, 0.1) is 23.0 Å². The number of carbonyl (C=O) groups excluding carboxylic acids is 1. The van der Waals surface area contributed by atoms with Crippen molar-refractivity contribution < 1.29 is 4.79 Å². The number of benzene rings is 2. The number of fused-ring (bicyclic) bond motifs is 1. The van der Waals surface area contributed by atoms with Crippen LogP contribution in [-0.4, -0.2) is 15.9 Å². The quantitative estimate of drug-likeness (QED) is 0.688. The summed E-state index contributed by atoms with van der Waals surface area (Å²) in [6, 6.07) is 15.1. The molecule has 4 nitrogen and oxygen atoms in total. The second-order valence-electron chi connectivity index (χ2n) is 6.64. The van der Waals surface area contributed by atoms with Crippen LogP contribution in [0, 0.1) is 5.92 Å². The summed E-state index contributed by atoms with van der Waals surface area (Å²) in [5.41, 5.74) is 2.84. The molecule has 2 N–H and O–H groups in total. The fourth-order valence-corrected chi connectivity index (χ4v) is 3.18. The third-order valence-electron chi connectivity index (χ3n) is 4.35. The minimum Gasteiger partial charge on any atom is -0.346 e. The molecule has 3 aromatic rings. The number of aromatic nitrogens is 2. The minimum atomic E-state index is -0.232. The van der Waals surface area contributed by atoms with Crippen molar-refractivity contribution in [3.05, 3.63) is 64.9 Å². The number of para-hydroxylation sites is 2. The number of imidazole rings is 1. The van der Waals surface area contributed by atoms with E-state index in [0.717, 1.165) is 22.4 Å². The summed E-state index contributed by atoms with van der Waals surface area (Å²) in [6.45, 7) is 6.03. The fraction of sp³-hybridized carbons (Fsp3) is 0.300. The summed E-state index contributed by atoms with van der Waals surface area (Å²) in [4.78, 5) is 20.7. The molecule has 0 bridgehead atoms. The van der Waals surface area contributed by atoms with Crippen molar-refractivity contribution in [3.63, 3.8) is 0 Å². The molecule has 1 heterocycles. The molecule has 0 saturated carbocycles. The van der Waals surface area contributed by atoms with Crippen LogP contribution in [0.1, 0.15) is 44.1 Å². The van der Waals surface area contributed by atoms with Gasteiger partial charge in [0.2, 0.25) is 5.91 Å². The topological polar surface area (TPSA) is 57.8 Å². The number of nitrogens with one attached hydrogen (secondary N) is 2. The van der Waals surface area contributed by atoms with E-state index >= 15 is 0 Å². The monoisotopic (exact) mass is 355 g/mol. The molecule has 3 rings (SSSR count). The van der Waals surface area contributed by atoms with Gasteiger partial charge in [-0.1, -0.05) is 49.7 Å². The van der Waals surface area contributed by atoms with Gasteiger partial charge in [0.15, 0.2) is 0 Å². The summed E-state index contributed by atoms with van der Waals surface area (Å²) >= 11 is 5.97. The number of carbonyl (C=O) groups is 1. The van der Waals surface area contributed by atoms with Crippen LogP contribution in [-0.2, 0) is 4.79 Å². The Morgan fingerprint density at radius 1 is 1.08 bits per heavy atom. The van der Waals surface area contributed by atoms with Crippen LogP contribution >= 0.6 is 11.6 Å². The van der Waals surface area contributed by atoms with E-state index in [1.807, 2.05) is 69.3 Å². The number of hydrogen-bond donors (Lipinski definition) is 2. The van der Waals surface area contributed by atoms with Gasteiger partial charge in [0.1, 0.15) is 5.82 Å². The molecule has 1 amide bonds. The largest absolute Gasteiger partial charge is 0.346 e. The molecule has 0 spiro atoms. The maximum atomic E-state index is 12.9. The smallest absolute Gasteiger partial charge is 0.228 e. The molecule has 0 fully saturated rings. The fourth-order valence-electron chi connectivity index (χ4n) is 3.06. The molecule has 0 aliphatic carbocycles. The second-order valence-corrected chi connectivity index (χ2v) is 7.08. The van der Waals surface area contributed by atoms with Crippen LogP contribution in [0.3, 0.4) is 0 Å². The second kappa shape index (κ2) is 7.28. The molecule has 2 atom stereocenters. The molecule has 0 radical (unpaired) electrons. The SMILES string of the molecule is CC(C)C(C(=O)N[C@@H](C)c1nc2ccccc2[nH]1)c1ccc(Cl)cc1. The standard InChI is InChI=1S/C20H22ClN3O/c1-12(2)18(14-8-10-15(21)11-9-14)20(25)22-13(3)19-23-16-6-4-5-7-17(16)24-19/h4-13,18H,1-3H3,(H,22,25)(H,23,24)/t13-,18?/m0/s1. The lowest BCUT2D eigenvalue weighted by molar-refractivity contribution is -0.124. The van der Waals surface area contributed by atoms with E-state index < -0.39 is 0 Å². The first kappa shape index (κ1) is 17.5. The number of hydrogen-bond acceptors (Lipinski definition) is 2. The molecule has 1 unspecified atom stereocenters. The molecular formula is C20H22ClN3O. The predicted molar refractivity (Wildman–Crippen MR) is 102 cm³/mol. The predicted octanol–water partition coefficient (Wildman–Crippen LogP) is 4.83. The Balaban J connectivity index is 1.79. The lowest BCUT2D eigenvalue weighted by atomic mass is 9.87. The van der Waals surface area contributed by atoms with Crippen molar-refractivity contribution in [3.8, 4) is 0 Å². The van der Waals surface area contributed by atoms with Crippen molar-refractivity contribution >= 4 is 28.5 Å². The van der Waals surface area contributed by atoms with Crippen LogP contribution in [0.25, 0.3) is 11.0 Å². The van der Waals surface area contributed by atoms with Gasteiger partial charge in [-0.3, -0.25) is 4.79 Å². The van der Waals surface area contributed by atoms with Crippen molar-refractivity contribution in [2.45, 2.75) is 32.7 Å². The van der Waals surface area contributed by atoms with E-state index in [2.05, 4.69) is 15.3 Å². The van der Waals surface area contributed by atoms with E-state index in [1.165, 1.54) is 0 Å². The van der Waals surface area contributed by atoms with Crippen LogP contribution in [0.2, 0.25) is 5.02 Å². The minimum absolute atomic E-state index is 0.00900. The van der Waals surface area contributed by atoms with Gasteiger partial charge in [0, 0.05) is 5.02 Å². The Labute approximate surface area is 152 Å². The normalized spacial score (nSPS) is 13.8. The molecule has 130 valence electrons. The van der Waals surface area contributed by atoms with E-state index in [4.69, 9.17) is 11.6 Å². The molecular weight excluding hydrogens is 334 g/mol. The van der Waals surface area contributed by atoms with E-state index in [0.29, 0.717) is 5.02 Å². The molecule has 0 aliphatic heterocycles. The third kappa shape index (κ3) is 3.85. The van der Waals surface area contributed by atoms with E-state index in [9.17, 15) is 4.79 Å². The highest BCUT2D eigenvalue weighted by molar-refractivity contribution is 6.30. The van der Waals surface area contributed by atoms with Gasteiger partial charge in [-0.2, -0.15) is 0 Å². The van der Waals surface area contributed by atoms with Gasteiger partial charge in [-0.05, 0) is 42.7 Å². The Kier molecular flexibility index (Phi) is 5.09. The molecule has 2 aromatic carbocycles. The Morgan fingerprint density at radius 3 is 2.40 bits per heavy atom. The van der Waals surface area contributed by atoms with Crippen molar-refractivity contribution in [1.29, 1.82) is 0 Å². The number of nitrogens with zero attached hydrogens (tertiary/aromatic N) is 1.